The zero-order chi connectivity index (χ0) is 17.8. The lowest BCUT2D eigenvalue weighted by molar-refractivity contribution is -0.128. The molecule has 0 spiro atoms. The van der Waals surface area contributed by atoms with E-state index in [2.05, 4.69) is 34.1 Å². The van der Waals surface area contributed by atoms with Crippen LogP contribution in [0, 0.1) is 6.92 Å². The second-order valence-electron chi connectivity index (χ2n) is 6.54. The van der Waals surface area contributed by atoms with Crippen LogP contribution >= 0.6 is 0 Å². The zero-order valence-electron chi connectivity index (χ0n) is 15.0. The Labute approximate surface area is 148 Å². The molecule has 0 aromatic carbocycles. The summed E-state index contributed by atoms with van der Waals surface area (Å²) in [6, 6.07) is 6.01. The lowest BCUT2D eigenvalue weighted by Crippen LogP contribution is -2.28. The number of carbonyl (C=O) groups excluding carboxylic acids is 1. The topological polar surface area (TPSA) is 62.5 Å². The molecular weight excluding hydrogens is 316 g/mol. The van der Waals surface area contributed by atoms with Crippen molar-refractivity contribution in [2.75, 3.05) is 20.1 Å². The van der Waals surface area contributed by atoms with Crippen LogP contribution in [0.15, 0.2) is 35.0 Å². The summed E-state index contributed by atoms with van der Waals surface area (Å²) in [4.78, 5) is 19.8. The molecule has 2 aromatic heterocycles. The highest BCUT2D eigenvalue weighted by Gasteiger charge is 2.17. The minimum atomic E-state index is 0.00953. The highest BCUT2D eigenvalue weighted by molar-refractivity contribution is 5.72. The van der Waals surface area contributed by atoms with Crippen LogP contribution in [0.3, 0.4) is 0 Å². The minimum absolute atomic E-state index is 0.00953. The van der Waals surface area contributed by atoms with E-state index in [1.54, 1.807) is 18.9 Å². The Kier molecular flexibility index (Phi) is 5.28. The van der Waals surface area contributed by atoms with Crippen molar-refractivity contribution in [1.82, 2.24) is 19.9 Å². The molecule has 3 heterocycles. The molecule has 1 aliphatic rings. The highest BCUT2D eigenvalue weighted by atomic mass is 16.5. The summed E-state index contributed by atoms with van der Waals surface area (Å²) in [7, 11) is 1.75. The van der Waals surface area contributed by atoms with Crippen LogP contribution in [0.5, 0.6) is 0 Å². The Hall–Kier alpha value is -2.47. The van der Waals surface area contributed by atoms with Crippen LogP contribution in [0.25, 0.3) is 5.57 Å². The van der Waals surface area contributed by atoms with Crippen molar-refractivity contribution in [3.63, 3.8) is 0 Å². The summed E-state index contributed by atoms with van der Waals surface area (Å²) >= 11 is 0. The van der Waals surface area contributed by atoms with E-state index in [1.807, 2.05) is 18.3 Å². The average Bonchev–Trinajstić information content (AvgIpc) is 3.06. The number of hydrogen-bond acceptors (Lipinski definition) is 5. The molecule has 0 N–H and O–H groups in total. The van der Waals surface area contributed by atoms with Crippen LogP contribution in [0.4, 0.5) is 0 Å². The molecule has 1 aliphatic heterocycles. The Morgan fingerprint density at radius 1 is 1.44 bits per heavy atom. The number of pyridine rings is 1. The second-order valence-corrected chi connectivity index (χ2v) is 6.54. The SMILES string of the molecule is CC(=O)N(C)Cc1cc(C2=CCN(Cc3ncccc3C)CC2)no1. The van der Waals surface area contributed by atoms with E-state index in [4.69, 9.17) is 4.52 Å². The Balaban J connectivity index is 1.60. The van der Waals surface area contributed by atoms with E-state index in [1.165, 1.54) is 11.1 Å². The lowest BCUT2D eigenvalue weighted by Gasteiger charge is -2.25. The van der Waals surface area contributed by atoms with Gasteiger partial charge in [-0.25, -0.2) is 0 Å². The van der Waals surface area contributed by atoms with Crippen LogP contribution in [0.1, 0.15) is 36.1 Å². The van der Waals surface area contributed by atoms with Crippen molar-refractivity contribution >= 4 is 11.5 Å². The number of aryl methyl sites for hydroxylation is 1. The van der Waals surface area contributed by atoms with E-state index in [0.29, 0.717) is 12.3 Å². The normalized spacial score (nSPS) is 15.1. The van der Waals surface area contributed by atoms with Crippen LogP contribution in [-0.4, -0.2) is 46.0 Å². The van der Waals surface area contributed by atoms with Gasteiger partial charge >= 0.3 is 0 Å². The summed E-state index contributed by atoms with van der Waals surface area (Å²) in [5, 5.41) is 4.16. The van der Waals surface area contributed by atoms with Gasteiger partial charge in [0.05, 0.1) is 12.2 Å². The van der Waals surface area contributed by atoms with Crippen molar-refractivity contribution in [2.24, 2.45) is 0 Å². The van der Waals surface area contributed by atoms with Gasteiger partial charge in [0.2, 0.25) is 5.91 Å². The maximum Gasteiger partial charge on any atom is 0.219 e. The number of rotatable bonds is 5. The number of hydrogen-bond donors (Lipinski definition) is 0. The molecule has 0 aliphatic carbocycles. The third-order valence-electron chi connectivity index (χ3n) is 4.60. The zero-order valence-corrected chi connectivity index (χ0v) is 15.0. The van der Waals surface area contributed by atoms with E-state index in [0.717, 1.165) is 37.4 Å². The Bertz CT molecular complexity index is 781. The molecule has 0 atom stereocenters. The molecule has 0 unspecified atom stereocenters. The van der Waals surface area contributed by atoms with E-state index in [-0.39, 0.29) is 5.91 Å². The van der Waals surface area contributed by atoms with Crippen molar-refractivity contribution < 1.29 is 9.32 Å². The molecular formula is C19H24N4O2. The fourth-order valence-electron chi connectivity index (χ4n) is 2.87. The Morgan fingerprint density at radius 3 is 2.96 bits per heavy atom. The standard InChI is InChI=1S/C19H24N4O2/c1-14-5-4-8-20-19(14)13-23-9-6-16(7-10-23)18-11-17(25-21-18)12-22(3)15(2)24/h4-6,8,11H,7,9-10,12-13H2,1-3H3. The van der Waals surface area contributed by atoms with Crippen molar-refractivity contribution in [3.05, 3.63) is 53.2 Å². The van der Waals surface area contributed by atoms with E-state index >= 15 is 0 Å². The van der Waals surface area contributed by atoms with E-state index in [9.17, 15) is 4.79 Å². The van der Waals surface area contributed by atoms with Gasteiger partial charge < -0.3 is 9.42 Å². The van der Waals surface area contributed by atoms with Crippen LogP contribution in [-0.2, 0) is 17.9 Å². The van der Waals surface area contributed by atoms with Gasteiger partial charge in [-0.2, -0.15) is 0 Å². The van der Waals surface area contributed by atoms with E-state index < -0.39 is 0 Å². The molecule has 0 radical (unpaired) electrons. The lowest BCUT2D eigenvalue weighted by atomic mass is 10.0. The highest BCUT2D eigenvalue weighted by Crippen LogP contribution is 2.23. The molecule has 25 heavy (non-hydrogen) atoms. The van der Waals surface area contributed by atoms with Gasteiger partial charge in [-0.3, -0.25) is 14.7 Å². The number of aromatic nitrogens is 2. The summed E-state index contributed by atoms with van der Waals surface area (Å²) in [5.74, 6) is 0.718. The first-order valence-electron chi connectivity index (χ1n) is 8.52. The third kappa shape index (κ3) is 4.33. The minimum Gasteiger partial charge on any atom is -0.359 e. The molecule has 1 amide bonds. The first kappa shape index (κ1) is 17.4. The molecule has 2 aromatic rings. The predicted molar refractivity (Wildman–Crippen MR) is 95.5 cm³/mol. The average molecular weight is 340 g/mol. The largest absolute Gasteiger partial charge is 0.359 e. The van der Waals surface area contributed by atoms with Gasteiger partial charge in [0, 0.05) is 45.9 Å². The summed E-state index contributed by atoms with van der Waals surface area (Å²) in [6.45, 7) is 6.80. The van der Waals surface area contributed by atoms with Crippen LogP contribution < -0.4 is 0 Å². The maximum atomic E-state index is 11.3. The molecule has 0 saturated heterocycles. The summed E-state index contributed by atoms with van der Waals surface area (Å²) in [5.41, 5.74) is 4.44. The number of nitrogens with zero attached hydrogens (tertiary/aromatic N) is 4. The maximum absolute atomic E-state index is 11.3. The van der Waals surface area contributed by atoms with Gasteiger partial charge in [0.1, 0.15) is 5.69 Å². The molecule has 0 bridgehead atoms. The monoisotopic (exact) mass is 340 g/mol. The molecule has 6 heteroatoms. The first-order valence-corrected chi connectivity index (χ1v) is 8.52. The molecule has 6 nitrogen and oxygen atoms in total. The Morgan fingerprint density at radius 2 is 2.28 bits per heavy atom. The molecule has 0 fully saturated rings. The first-order chi connectivity index (χ1) is 12.0. The van der Waals surface area contributed by atoms with Gasteiger partial charge in [0.25, 0.3) is 0 Å². The molecule has 0 saturated carbocycles. The van der Waals surface area contributed by atoms with Gasteiger partial charge in [-0.15, -0.1) is 0 Å². The van der Waals surface area contributed by atoms with Crippen molar-refractivity contribution in [2.45, 2.75) is 33.4 Å². The quantitative estimate of drug-likeness (QED) is 0.837. The number of amides is 1. The summed E-state index contributed by atoms with van der Waals surface area (Å²) in [6.07, 6.45) is 4.99. The smallest absolute Gasteiger partial charge is 0.219 e. The van der Waals surface area contributed by atoms with Crippen molar-refractivity contribution in [1.29, 1.82) is 0 Å². The fourth-order valence-corrected chi connectivity index (χ4v) is 2.87. The third-order valence-corrected chi connectivity index (χ3v) is 4.60. The van der Waals surface area contributed by atoms with Gasteiger partial charge in [-0.1, -0.05) is 17.3 Å². The number of carbonyl (C=O) groups is 1. The van der Waals surface area contributed by atoms with Gasteiger partial charge in [0.15, 0.2) is 5.76 Å². The fraction of sp³-hybridized carbons (Fsp3) is 0.421. The van der Waals surface area contributed by atoms with Crippen molar-refractivity contribution in [3.8, 4) is 0 Å². The summed E-state index contributed by atoms with van der Waals surface area (Å²) < 4.78 is 5.37. The van der Waals surface area contributed by atoms with Gasteiger partial charge in [-0.05, 0) is 30.5 Å². The second kappa shape index (κ2) is 7.61. The predicted octanol–water partition coefficient (Wildman–Crippen LogP) is 2.65. The van der Waals surface area contributed by atoms with Crippen LogP contribution in [0.2, 0.25) is 0 Å². The molecule has 3 rings (SSSR count). The molecule has 132 valence electrons.